The average molecular weight is 387 g/mol. The van der Waals surface area contributed by atoms with E-state index in [-0.39, 0.29) is 16.3 Å². The van der Waals surface area contributed by atoms with Crippen LogP contribution in [0.15, 0.2) is 35.2 Å². The molecular weight excluding hydrogens is 374 g/mol. The molecule has 0 unspecified atom stereocenters. The minimum absolute atomic E-state index is 0.0477. The Bertz CT molecular complexity index is 954. The number of nitrogens with one attached hydrogen (secondary N) is 1. The second kappa shape index (κ2) is 5.87. The molecule has 1 heterocycles. The highest BCUT2D eigenvalue weighted by molar-refractivity contribution is 7.92. The fourth-order valence-electron chi connectivity index (χ4n) is 2.80. The number of halogens is 3. The highest BCUT2D eigenvalue weighted by Gasteiger charge is 2.47. The third-order valence-electron chi connectivity index (χ3n) is 3.85. The quantitative estimate of drug-likeness (QED) is 0.772. The van der Waals surface area contributed by atoms with Crippen molar-refractivity contribution in [3.8, 4) is 0 Å². The maximum absolute atomic E-state index is 14.9. The highest BCUT2D eigenvalue weighted by atomic mass is 32.2. The molecule has 0 spiro atoms. The van der Waals surface area contributed by atoms with Gasteiger partial charge in [-0.15, -0.1) is 0 Å². The first-order valence-electron chi connectivity index (χ1n) is 7.19. The summed E-state index contributed by atoms with van der Waals surface area (Å²) in [5, 5.41) is 9.70. The molecule has 2 aromatic rings. The molecule has 0 atom stereocenters. The van der Waals surface area contributed by atoms with Gasteiger partial charge in [0.05, 0.1) is 0 Å². The monoisotopic (exact) mass is 387 g/mol. The first-order valence-corrected chi connectivity index (χ1v) is 11.6. The second-order valence-corrected chi connectivity index (χ2v) is 11.4. The lowest BCUT2D eigenvalue weighted by Gasteiger charge is -2.19. The molecule has 11 heteroatoms. The molecule has 0 radical (unpaired) electrons. The third-order valence-corrected chi connectivity index (χ3v) is 7.79. The predicted molar refractivity (Wildman–Crippen MR) is 89.4 cm³/mol. The van der Waals surface area contributed by atoms with Crippen molar-refractivity contribution in [2.45, 2.75) is 18.0 Å². The van der Waals surface area contributed by atoms with Crippen LogP contribution in [0.4, 0.5) is 18.9 Å². The topological polar surface area (TPSA) is 75.6 Å². The number of rotatable bonds is 3. The van der Waals surface area contributed by atoms with Gasteiger partial charge in [-0.2, -0.15) is 0 Å². The summed E-state index contributed by atoms with van der Waals surface area (Å²) < 4.78 is 74.3. The van der Waals surface area contributed by atoms with Gasteiger partial charge in [0.15, 0.2) is 4.90 Å². The minimum Gasteiger partial charge on any atom is -0.446 e. The van der Waals surface area contributed by atoms with Gasteiger partial charge >= 0.3 is 7.12 Å². The van der Waals surface area contributed by atoms with E-state index in [4.69, 9.17) is 4.34 Å². The van der Waals surface area contributed by atoms with Gasteiger partial charge in [-0.05, 0) is 48.9 Å². The summed E-state index contributed by atoms with van der Waals surface area (Å²) in [6, 6.07) is 5.04. The smallest absolute Gasteiger partial charge is 0.446 e. The van der Waals surface area contributed by atoms with E-state index >= 15 is 0 Å². The summed E-state index contributed by atoms with van der Waals surface area (Å²) in [6.07, 6.45) is 0. The molecule has 0 aromatic heterocycles. The lowest BCUT2D eigenvalue weighted by atomic mass is 9.80. The Morgan fingerprint density at radius 2 is 1.76 bits per heavy atom. The highest BCUT2D eigenvalue weighted by Crippen LogP contribution is 2.25. The van der Waals surface area contributed by atoms with Crippen LogP contribution in [0.25, 0.3) is 0 Å². The van der Waals surface area contributed by atoms with E-state index in [1.807, 2.05) is 4.72 Å². The zero-order valence-corrected chi connectivity index (χ0v) is 15.0. The molecular formula is C14H13BF3NO4SSi. The van der Waals surface area contributed by atoms with Crippen molar-refractivity contribution in [3.63, 3.8) is 0 Å². The molecule has 25 heavy (non-hydrogen) atoms. The van der Waals surface area contributed by atoms with E-state index in [1.165, 1.54) is 0 Å². The van der Waals surface area contributed by atoms with Crippen LogP contribution in [0.3, 0.4) is 0 Å². The number of hydrogen-bond acceptors (Lipinski definition) is 4. The van der Waals surface area contributed by atoms with Crippen LogP contribution < -0.4 is 15.4 Å². The van der Waals surface area contributed by atoms with E-state index in [1.54, 1.807) is 13.1 Å². The SMILES string of the molecule is C[Si]1(C)OB(O)c2cc(F)c(S(=O)(=O)Nc3ccc(F)cc3)c(F)c21. The Hall–Kier alpha value is -1.82. The Morgan fingerprint density at radius 1 is 1.16 bits per heavy atom. The lowest BCUT2D eigenvalue weighted by Crippen LogP contribution is -2.47. The van der Waals surface area contributed by atoms with E-state index in [9.17, 15) is 26.6 Å². The van der Waals surface area contributed by atoms with Gasteiger partial charge in [0.2, 0.25) is 8.32 Å². The predicted octanol–water partition coefficient (Wildman–Crippen LogP) is 1.03. The fraction of sp³-hybridized carbons (Fsp3) is 0.143. The van der Waals surface area contributed by atoms with Crippen LogP contribution in [0.1, 0.15) is 0 Å². The van der Waals surface area contributed by atoms with Crippen LogP contribution >= 0.6 is 0 Å². The van der Waals surface area contributed by atoms with Crippen molar-refractivity contribution in [1.82, 2.24) is 0 Å². The van der Waals surface area contributed by atoms with E-state index in [2.05, 4.69) is 0 Å². The van der Waals surface area contributed by atoms with Gasteiger partial charge in [0.1, 0.15) is 17.5 Å². The van der Waals surface area contributed by atoms with Gasteiger partial charge in [0.25, 0.3) is 10.0 Å². The maximum atomic E-state index is 14.9. The molecule has 1 aliphatic heterocycles. The molecule has 0 amide bonds. The summed E-state index contributed by atoms with van der Waals surface area (Å²) in [7, 11) is -9.05. The lowest BCUT2D eigenvalue weighted by molar-refractivity contribution is 0.440. The van der Waals surface area contributed by atoms with Crippen molar-refractivity contribution in [2.75, 3.05) is 4.72 Å². The molecule has 0 saturated heterocycles. The zero-order chi connectivity index (χ0) is 18.6. The van der Waals surface area contributed by atoms with Gasteiger partial charge in [0, 0.05) is 10.9 Å². The van der Waals surface area contributed by atoms with Crippen molar-refractivity contribution < 1.29 is 31.0 Å². The Balaban J connectivity index is 2.13. The molecule has 132 valence electrons. The van der Waals surface area contributed by atoms with Gasteiger partial charge < -0.3 is 9.37 Å². The summed E-state index contributed by atoms with van der Waals surface area (Å²) in [4.78, 5) is -1.16. The van der Waals surface area contributed by atoms with Gasteiger partial charge in [-0.3, -0.25) is 4.72 Å². The Morgan fingerprint density at radius 3 is 2.36 bits per heavy atom. The van der Waals surface area contributed by atoms with Crippen molar-refractivity contribution in [3.05, 3.63) is 47.8 Å². The summed E-state index contributed by atoms with van der Waals surface area (Å²) >= 11 is 0. The van der Waals surface area contributed by atoms with Gasteiger partial charge in [-0.1, -0.05) is 0 Å². The molecule has 3 rings (SSSR count). The summed E-state index contributed by atoms with van der Waals surface area (Å²) in [6.45, 7) is 3.12. The first-order chi connectivity index (χ1) is 11.5. The van der Waals surface area contributed by atoms with Crippen molar-refractivity contribution >= 4 is 41.8 Å². The van der Waals surface area contributed by atoms with Crippen molar-refractivity contribution in [2.24, 2.45) is 0 Å². The van der Waals surface area contributed by atoms with E-state index in [0.29, 0.717) is 0 Å². The number of fused-ring (bicyclic) bond motifs is 1. The maximum Gasteiger partial charge on any atom is 0.480 e. The molecule has 5 nitrogen and oxygen atoms in total. The first kappa shape index (κ1) is 18.0. The molecule has 0 saturated carbocycles. The molecule has 0 bridgehead atoms. The minimum atomic E-state index is -4.61. The molecule has 2 N–H and O–H groups in total. The number of hydrogen-bond donors (Lipinski definition) is 2. The molecule has 2 aromatic carbocycles. The van der Waals surface area contributed by atoms with Crippen molar-refractivity contribution in [1.29, 1.82) is 0 Å². The molecule has 0 fully saturated rings. The summed E-state index contributed by atoms with van der Waals surface area (Å²) in [5.74, 6) is -3.21. The van der Waals surface area contributed by atoms with Crippen LogP contribution in [0, 0.1) is 17.5 Å². The van der Waals surface area contributed by atoms with Crippen LogP contribution in [-0.2, 0) is 14.4 Å². The summed E-state index contributed by atoms with van der Waals surface area (Å²) in [5.41, 5.74) is -0.152. The van der Waals surface area contributed by atoms with Crippen LogP contribution in [0.5, 0.6) is 0 Å². The second-order valence-electron chi connectivity index (χ2n) is 6.06. The average Bonchev–Trinajstić information content (AvgIpc) is 2.70. The van der Waals surface area contributed by atoms with Crippen LogP contribution in [-0.4, -0.2) is 28.9 Å². The van der Waals surface area contributed by atoms with E-state index < -0.39 is 47.8 Å². The number of anilines is 1. The molecule has 0 aliphatic carbocycles. The largest absolute Gasteiger partial charge is 0.480 e. The fourth-order valence-corrected chi connectivity index (χ4v) is 6.44. The molecule has 1 aliphatic rings. The number of sulfonamides is 1. The Kier molecular flexibility index (Phi) is 4.22. The third kappa shape index (κ3) is 3.08. The Labute approximate surface area is 143 Å². The van der Waals surface area contributed by atoms with Crippen LogP contribution in [0.2, 0.25) is 13.1 Å². The normalized spacial score (nSPS) is 16.0. The zero-order valence-electron chi connectivity index (χ0n) is 13.2. The standard InChI is InChI=1S/C14H13BF3NO4SSi/c1-25(2)14-10(15(20)23-25)7-11(17)13(12(14)18)24(21,22)19-9-5-3-8(16)4-6-9/h3-7,19-20H,1-2H3. The van der Waals surface area contributed by atoms with E-state index in [0.717, 1.165) is 30.3 Å². The number of benzene rings is 2. The van der Waals surface area contributed by atoms with Gasteiger partial charge in [-0.25, -0.2) is 21.6 Å².